The molecule has 0 aromatic rings. The van der Waals surface area contributed by atoms with Crippen LogP contribution in [0.1, 0.15) is 45.4 Å². The average molecular weight is 204 g/mol. The summed E-state index contributed by atoms with van der Waals surface area (Å²) in [6.07, 6.45) is 2.10. The zero-order valence-electron chi connectivity index (χ0n) is 8.65. The van der Waals surface area contributed by atoms with Gasteiger partial charge in [0.15, 0.2) is 0 Å². The molecule has 14 heavy (non-hydrogen) atoms. The third kappa shape index (κ3) is 8.01. The topological polar surface area (TPSA) is 77.8 Å². The van der Waals surface area contributed by atoms with Crippen molar-refractivity contribution in [2.75, 3.05) is 0 Å². The Hall–Kier alpha value is -0.610. The van der Waals surface area contributed by atoms with E-state index in [1.165, 1.54) is 0 Å². The lowest BCUT2D eigenvalue weighted by molar-refractivity contribution is -0.139. The van der Waals surface area contributed by atoms with Crippen LogP contribution in [0.4, 0.5) is 0 Å². The molecular formula is C10H20O4. The Morgan fingerprint density at radius 1 is 1.21 bits per heavy atom. The van der Waals surface area contributed by atoms with Crippen molar-refractivity contribution in [3.05, 3.63) is 0 Å². The maximum Gasteiger partial charge on any atom is 0.305 e. The van der Waals surface area contributed by atoms with Gasteiger partial charge in [0.05, 0.1) is 18.6 Å². The molecule has 0 aromatic heterocycles. The van der Waals surface area contributed by atoms with Crippen LogP contribution in [0.25, 0.3) is 0 Å². The van der Waals surface area contributed by atoms with E-state index in [4.69, 9.17) is 5.11 Å². The molecule has 3 N–H and O–H groups in total. The predicted octanol–water partition coefficient (Wildman–Crippen LogP) is 1.15. The molecule has 0 saturated carbocycles. The quantitative estimate of drug-likeness (QED) is 0.518. The van der Waals surface area contributed by atoms with Crippen molar-refractivity contribution in [2.45, 2.75) is 57.7 Å². The van der Waals surface area contributed by atoms with Crippen molar-refractivity contribution in [1.82, 2.24) is 0 Å². The number of unbranched alkanes of at least 4 members (excludes halogenated alkanes) is 2. The summed E-state index contributed by atoms with van der Waals surface area (Å²) in [4.78, 5) is 10.2. The lowest BCUT2D eigenvalue weighted by atomic mass is 10.0. The Balaban J connectivity index is 3.49. The maximum atomic E-state index is 10.2. The first kappa shape index (κ1) is 13.4. The van der Waals surface area contributed by atoms with Crippen molar-refractivity contribution in [3.63, 3.8) is 0 Å². The third-order valence-corrected chi connectivity index (χ3v) is 2.10. The van der Waals surface area contributed by atoms with Crippen LogP contribution in [0, 0.1) is 0 Å². The first-order valence-corrected chi connectivity index (χ1v) is 5.14. The van der Waals surface area contributed by atoms with Crippen molar-refractivity contribution in [3.8, 4) is 0 Å². The van der Waals surface area contributed by atoms with Gasteiger partial charge in [0.1, 0.15) is 0 Å². The summed E-state index contributed by atoms with van der Waals surface area (Å²) in [5, 5.41) is 27.0. The molecule has 84 valence electrons. The lowest BCUT2D eigenvalue weighted by Gasteiger charge is -2.13. The number of aliphatic hydroxyl groups excluding tert-OH is 2. The van der Waals surface area contributed by atoms with Crippen molar-refractivity contribution in [2.24, 2.45) is 0 Å². The van der Waals surface area contributed by atoms with Crippen LogP contribution in [0.5, 0.6) is 0 Å². The van der Waals surface area contributed by atoms with E-state index in [0.29, 0.717) is 6.42 Å². The van der Waals surface area contributed by atoms with E-state index in [1.807, 2.05) is 0 Å². The normalized spacial score (nSPS) is 15.1. The van der Waals surface area contributed by atoms with Crippen LogP contribution in [0.3, 0.4) is 0 Å². The van der Waals surface area contributed by atoms with Gasteiger partial charge in [-0.1, -0.05) is 26.2 Å². The molecule has 0 unspecified atom stereocenters. The van der Waals surface area contributed by atoms with Gasteiger partial charge in [-0.3, -0.25) is 4.79 Å². The van der Waals surface area contributed by atoms with Crippen LogP contribution in [-0.2, 0) is 4.79 Å². The van der Waals surface area contributed by atoms with Crippen molar-refractivity contribution < 1.29 is 20.1 Å². The largest absolute Gasteiger partial charge is 0.481 e. The molecule has 0 bridgehead atoms. The number of carbonyl (C=O) groups is 1. The maximum absolute atomic E-state index is 10.2. The lowest BCUT2D eigenvalue weighted by Crippen LogP contribution is -2.20. The van der Waals surface area contributed by atoms with Gasteiger partial charge in [0.2, 0.25) is 0 Å². The van der Waals surface area contributed by atoms with E-state index in [2.05, 4.69) is 6.92 Å². The van der Waals surface area contributed by atoms with Gasteiger partial charge in [-0.05, 0) is 12.8 Å². The zero-order valence-corrected chi connectivity index (χ0v) is 8.65. The number of hydrogen-bond acceptors (Lipinski definition) is 3. The molecule has 0 heterocycles. The molecule has 0 aliphatic heterocycles. The van der Waals surface area contributed by atoms with Gasteiger partial charge in [0, 0.05) is 0 Å². The summed E-state index contributed by atoms with van der Waals surface area (Å²) in [6.45, 7) is 2.08. The number of carboxylic acid groups (broad SMARTS) is 1. The highest BCUT2D eigenvalue weighted by molar-refractivity contribution is 5.67. The molecule has 4 heteroatoms. The van der Waals surface area contributed by atoms with Crippen LogP contribution >= 0.6 is 0 Å². The molecular weight excluding hydrogens is 184 g/mol. The van der Waals surface area contributed by atoms with Gasteiger partial charge in [-0.25, -0.2) is 0 Å². The highest BCUT2D eigenvalue weighted by Gasteiger charge is 2.14. The number of carboxylic acids is 1. The van der Waals surface area contributed by atoms with Crippen LogP contribution < -0.4 is 0 Å². The van der Waals surface area contributed by atoms with E-state index >= 15 is 0 Å². The Morgan fingerprint density at radius 2 is 1.86 bits per heavy atom. The molecule has 0 saturated heterocycles. The van der Waals surface area contributed by atoms with Crippen LogP contribution in [-0.4, -0.2) is 33.5 Å². The fourth-order valence-corrected chi connectivity index (χ4v) is 1.35. The fraction of sp³-hybridized carbons (Fsp3) is 0.900. The van der Waals surface area contributed by atoms with E-state index in [9.17, 15) is 15.0 Å². The number of aliphatic carboxylic acids is 1. The highest BCUT2D eigenvalue weighted by Crippen LogP contribution is 2.10. The fourth-order valence-electron chi connectivity index (χ4n) is 1.35. The van der Waals surface area contributed by atoms with Gasteiger partial charge in [0.25, 0.3) is 0 Å². The van der Waals surface area contributed by atoms with E-state index in [-0.39, 0.29) is 12.8 Å². The van der Waals surface area contributed by atoms with E-state index in [0.717, 1.165) is 19.3 Å². The SMILES string of the molecule is CCCCC[C@H](O)C[C@@H](O)CC(=O)O. The molecule has 0 amide bonds. The van der Waals surface area contributed by atoms with Crippen LogP contribution in [0.2, 0.25) is 0 Å². The number of aliphatic hydroxyl groups is 2. The Kier molecular flexibility index (Phi) is 7.42. The minimum atomic E-state index is -1.03. The monoisotopic (exact) mass is 204 g/mol. The molecule has 2 atom stereocenters. The molecule has 0 radical (unpaired) electrons. The number of hydrogen-bond donors (Lipinski definition) is 3. The van der Waals surface area contributed by atoms with E-state index in [1.54, 1.807) is 0 Å². The smallest absolute Gasteiger partial charge is 0.305 e. The minimum absolute atomic E-state index is 0.163. The number of rotatable bonds is 8. The molecule has 0 spiro atoms. The summed E-state index contributed by atoms with van der Waals surface area (Å²) < 4.78 is 0. The van der Waals surface area contributed by atoms with Crippen LogP contribution in [0.15, 0.2) is 0 Å². The third-order valence-electron chi connectivity index (χ3n) is 2.10. The van der Waals surface area contributed by atoms with Crippen molar-refractivity contribution in [1.29, 1.82) is 0 Å². The van der Waals surface area contributed by atoms with Gasteiger partial charge in [-0.2, -0.15) is 0 Å². The summed E-state index contributed by atoms with van der Waals surface area (Å²) in [5.74, 6) is -1.03. The second-order valence-corrected chi connectivity index (χ2v) is 3.64. The molecule has 4 nitrogen and oxygen atoms in total. The molecule has 0 aliphatic carbocycles. The van der Waals surface area contributed by atoms with Crippen molar-refractivity contribution >= 4 is 5.97 Å². The zero-order chi connectivity index (χ0) is 11.0. The Bertz CT molecular complexity index is 158. The average Bonchev–Trinajstić information content (AvgIpc) is 2.02. The Morgan fingerprint density at radius 3 is 2.36 bits per heavy atom. The summed E-state index contributed by atoms with van der Waals surface area (Å²) >= 11 is 0. The molecule has 0 rings (SSSR count). The highest BCUT2D eigenvalue weighted by atomic mass is 16.4. The Labute approximate surface area is 84.6 Å². The second-order valence-electron chi connectivity index (χ2n) is 3.64. The predicted molar refractivity (Wildman–Crippen MR) is 53.0 cm³/mol. The van der Waals surface area contributed by atoms with Gasteiger partial charge >= 0.3 is 5.97 Å². The summed E-state index contributed by atoms with van der Waals surface area (Å²) in [6, 6.07) is 0. The van der Waals surface area contributed by atoms with Gasteiger partial charge in [-0.15, -0.1) is 0 Å². The second kappa shape index (κ2) is 7.76. The first-order chi connectivity index (χ1) is 6.56. The molecule has 0 fully saturated rings. The standard InChI is InChI=1S/C10H20O4/c1-2-3-4-5-8(11)6-9(12)7-10(13)14/h8-9,11-12H,2-7H2,1H3,(H,13,14)/t8-,9+/m0/s1. The van der Waals surface area contributed by atoms with E-state index < -0.39 is 18.2 Å². The summed E-state index contributed by atoms with van der Waals surface area (Å²) in [5.41, 5.74) is 0. The minimum Gasteiger partial charge on any atom is -0.481 e. The summed E-state index contributed by atoms with van der Waals surface area (Å²) in [7, 11) is 0. The molecule has 0 aliphatic rings. The molecule has 0 aromatic carbocycles. The van der Waals surface area contributed by atoms with Gasteiger partial charge < -0.3 is 15.3 Å². The first-order valence-electron chi connectivity index (χ1n) is 5.14.